The molecule has 90 valence electrons. The second-order valence-corrected chi connectivity index (χ2v) is 6.03. The lowest BCUT2D eigenvalue weighted by Gasteiger charge is -2.03. The van der Waals surface area contributed by atoms with Crippen molar-refractivity contribution in [3.63, 3.8) is 0 Å². The molecule has 0 aliphatic carbocycles. The molecule has 0 bridgehead atoms. The molecule has 1 aromatic heterocycles. The maximum Gasteiger partial charge on any atom is 0.126 e. The second kappa shape index (κ2) is 4.37. The molecular weight excluding hydrogens is 308 g/mol. The van der Waals surface area contributed by atoms with E-state index < -0.39 is 0 Å². The molecule has 4 heteroatoms. The van der Waals surface area contributed by atoms with Crippen molar-refractivity contribution >= 4 is 43.2 Å². The summed E-state index contributed by atoms with van der Waals surface area (Å²) in [5.41, 5.74) is 10.1. The molecule has 0 saturated carbocycles. The van der Waals surface area contributed by atoms with E-state index in [9.17, 15) is 0 Å². The van der Waals surface area contributed by atoms with Gasteiger partial charge in [0.25, 0.3) is 0 Å². The van der Waals surface area contributed by atoms with E-state index in [0.29, 0.717) is 0 Å². The predicted octanol–water partition coefficient (Wildman–Crippen LogP) is 4.62. The summed E-state index contributed by atoms with van der Waals surface area (Å²) in [6, 6.07) is 12.2. The molecule has 0 aliphatic rings. The van der Waals surface area contributed by atoms with Crippen LogP contribution in [0.15, 0.2) is 40.9 Å². The Kier molecular flexibility index (Phi) is 2.84. The monoisotopic (exact) mass is 318 g/mol. The topological polar surface area (TPSA) is 38.9 Å². The average molecular weight is 319 g/mol. The summed E-state index contributed by atoms with van der Waals surface area (Å²) >= 11 is 5.13. The van der Waals surface area contributed by atoms with Crippen molar-refractivity contribution in [1.29, 1.82) is 0 Å². The molecule has 0 atom stereocenters. The van der Waals surface area contributed by atoms with Crippen LogP contribution in [0.4, 0.5) is 5.69 Å². The predicted molar refractivity (Wildman–Crippen MR) is 81.9 cm³/mol. The number of para-hydroxylation sites is 2. The highest BCUT2D eigenvalue weighted by atomic mass is 79.9. The molecule has 2 aromatic carbocycles. The number of nitrogen functional groups attached to an aromatic ring is 1. The van der Waals surface area contributed by atoms with Crippen LogP contribution >= 0.6 is 27.3 Å². The van der Waals surface area contributed by atoms with E-state index in [1.54, 1.807) is 11.3 Å². The van der Waals surface area contributed by atoms with E-state index >= 15 is 0 Å². The van der Waals surface area contributed by atoms with Gasteiger partial charge in [-0.25, -0.2) is 4.98 Å². The number of aromatic nitrogens is 1. The Labute approximate surface area is 118 Å². The molecule has 0 aliphatic heterocycles. The zero-order valence-corrected chi connectivity index (χ0v) is 12.2. The fourth-order valence-electron chi connectivity index (χ4n) is 1.92. The Morgan fingerprint density at radius 1 is 1.17 bits per heavy atom. The second-order valence-electron chi connectivity index (χ2n) is 4.14. The highest BCUT2D eigenvalue weighted by Crippen LogP contribution is 2.36. The first-order chi connectivity index (χ1) is 8.66. The standard InChI is InChI=1S/C14H11BrN2S/c1-8-4-2-7-11-13(8)17-14(18-11)9-5-3-6-10(15)12(9)16/h2-7H,16H2,1H3. The van der Waals surface area contributed by atoms with E-state index in [1.807, 2.05) is 18.2 Å². The van der Waals surface area contributed by atoms with Crippen molar-refractivity contribution in [3.05, 3.63) is 46.4 Å². The normalized spacial score (nSPS) is 11.0. The minimum atomic E-state index is 0.745. The van der Waals surface area contributed by atoms with Gasteiger partial charge in [-0.15, -0.1) is 11.3 Å². The van der Waals surface area contributed by atoms with Crippen molar-refractivity contribution in [1.82, 2.24) is 4.98 Å². The summed E-state index contributed by atoms with van der Waals surface area (Å²) in [5, 5.41) is 0.970. The summed E-state index contributed by atoms with van der Waals surface area (Å²) in [4.78, 5) is 4.70. The van der Waals surface area contributed by atoms with Crippen molar-refractivity contribution in [2.75, 3.05) is 5.73 Å². The molecule has 3 aromatic rings. The van der Waals surface area contributed by atoms with Crippen molar-refractivity contribution in [3.8, 4) is 10.6 Å². The number of hydrogen-bond acceptors (Lipinski definition) is 3. The van der Waals surface area contributed by atoms with Gasteiger partial charge in [-0.3, -0.25) is 0 Å². The molecule has 2 N–H and O–H groups in total. The number of rotatable bonds is 1. The maximum absolute atomic E-state index is 6.09. The van der Waals surface area contributed by atoms with Crippen LogP contribution in [-0.2, 0) is 0 Å². The fourth-order valence-corrected chi connectivity index (χ4v) is 3.37. The van der Waals surface area contributed by atoms with Crippen LogP contribution in [0.3, 0.4) is 0 Å². The zero-order valence-electron chi connectivity index (χ0n) is 9.77. The summed E-state index contributed by atoms with van der Waals surface area (Å²) in [6.45, 7) is 2.08. The molecule has 3 rings (SSSR count). The molecular formula is C14H11BrN2S. The number of benzene rings is 2. The van der Waals surface area contributed by atoms with Crippen molar-refractivity contribution in [2.24, 2.45) is 0 Å². The fraction of sp³-hybridized carbons (Fsp3) is 0.0714. The van der Waals surface area contributed by atoms with E-state index in [-0.39, 0.29) is 0 Å². The molecule has 18 heavy (non-hydrogen) atoms. The first-order valence-corrected chi connectivity index (χ1v) is 7.18. The zero-order chi connectivity index (χ0) is 12.7. The number of nitrogens with two attached hydrogens (primary N) is 1. The Hall–Kier alpha value is -1.39. The van der Waals surface area contributed by atoms with Gasteiger partial charge in [0, 0.05) is 10.0 Å². The molecule has 0 saturated heterocycles. The average Bonchev–Trinajstić information content (AvgIpc) is 2.78. The number of fused-ring (bicyclic) bond motifs is 1. The Balaban J connectivity index is 2.26. The molecule has 0 spiro atoms. The largest absolute Gasteiger partial charge is 0.397 e. The van der Waals surface area contributed by atoms with Crippen LogP contribution in [0.5, 0.6) is 0 Å². The molecule has 1 heterocycles. The third kappa shape index (κ3) is 1.82. The SMILES string of the molecule is Cc1cccc2sc(-c3cccc(Br)c3N)nc12. The highest BCUT2D eigenvalue weighted by Gasteiger charge is 2.11. The smallest absolute Gasteiger partial charge is 0.126 e. The molecule has 0 radical (unpaired) electrons. The number of aryl methyl sites for hydroxylation is 1. The Morgan fingerprint density at radius 3 is 2.72 bits per heavy atom. The van der Waals surface area contributed by atoms with Crippen molar-refractivity contribution < 1.29 is 0 Å². The van der Waals surface area contributed by atoms with E-state index in [4.69, 9.17) is 10.7 Å². The quantitative estimate of drug-likeness (QED) is 0.665. The van der Waals surface area contributed by atoms with Gasteiger partial charge in [0.15, 0.2) is 0 Å². The van der Waals surface area contributed by atoms with Gasteiger partial charge in [0.1, 0.15) is 5.01 Å². The number of hydrogen-bond donors (Lipinski definition) is 1. The van der Waals surface area contributed by atoms with Gasteiger partial charge < -0.3 is 5.73 Å². The van der Waals surface area contributed by atoms with Gasteiger partial charge in [0.2, 0.25) is 0 Å². The molecule has 0 amide bonds. The Morgan fingerprint density at radius 2 is 1.94 bits per heavy atom. The maximum atomic E-state index is 6.09. The van der Waals surface area contributed by atoms with Gasteiger partial charge in [-0.2, -0.15) is 0 Å². The summed E-state index contributed by atoms with van der Waals surface area (Å²) in [6.07, 6.45) is 0. The highest BCUT2D eigenvalue weighted by molar-refractivity contribution is 9.10. The van der Waals surface area contributed by atoms with Gasteiger partial charge >= 0.3 is 0 Å². The van der Waals surface area contributed by atoms with Crippen molar-refractivity contribution in [2.45, 2.75) is 6.92 Å². The molecule has 0 unspecified atom stereocenters. The van der Waals surface area contributed by atoms with Crippen LogP contribution < -0.4 is 5.73 Å². The first kappa shape index (κ1) is 11.7. The van der Waals surface area contributed by atoms with Crippen LogP contribution in [0, 0.1) is 6.92 Å². The lowest BCUT2D eigenvalue weighted by Crippen LogP contribution is -1.90. The van der Waals surface area contributed by atoms with Gasteiger partial charge in [-0.1, -0.05) is 18.2 Å². The first-order valence-electron chi connectivity index (χ1n) is 5.57. The van der Waals surface area contributed by atoms with Crippen LogP contribution in [-0.4, -0.2) is 4.98 Å². The number of thiazole rings is 1. The van der Waals surface area contributed by atoms with E-state index in [2.05, 4.69) is 41.1 Å². The van der Waals surface area contributed by atoms with Gasteiger partial charge in [-0.05, 0) is 46.6 Å². The lowest BCUT2D eigenvalue weighted by molar-refractivity contribution is 1.42. The Bertz CT molecular complexity index is 734. The summed E-state index contributed by atoms with van der Waals surface area (Å²) in [7, 11) is 0. The minimum absolute atomic E-state index is 0.745. The van der Waals surface area contributed by atoms with Crippen LogP contribution in [0.2, 0.25) is 0 Å². The van der Waals surface area contributed by atoms with E-state index in [0.717, 1.165) is 26.2 Å². The number of halogens is 1. The third-order valence-electron chi connectivity index (χ3n) is 2.90. The number of nitrogens with zero attached hydrogens (tertiary/aromatic N) is 1. The molecule has 2 nitrogen and oxygen atoms in total. The van der Waals surface area contributed by atoms with Crippen LogP contribution in [0.25, 0.3) is 20.8 Å². The third-order valence-corrected chi connectivity index (χ3v) is 4.65. The van der Waals surface area contributed by atoms with Crippen LogP contribution in [0.1, 0.15) is 5.56 Å². The number of anilines is 1. The molecule has 0 fully saturated rings. The summed E-state index contributed by atoms with van der Waals surface area (Å²) in [5.74, 6) is 0. The lowest BCUT2D eigenvalue weighted by atomic mass is 10.2. The summed E-state index contributed by atoms with van der Waals surface area (Å²) < 4.78 is 2.11. The van der Waals surface area contributed by atoms with E-state index in [1.165, 1.54) is 10.3 Å². The van der Waals surface area contributed by atoms with Gasteiger partial charge in [0.05, 0.1) is 15.9 Å². The minimum Gasteiger partial charge on any atom is -0.397 e.